The first-order valence-corrected chi connectivity index (χ1v) is 30.5. The summed E-state index contributed by atoms with van der Waals surface area (Å²) in [6.45, 7) is 60.5. The molecule has 0 bridgehead atoms. The molecule has 6 aliphatic rings. The summed E-state index contributed by atoms with van der Waals surface area (Å²) >= 11 is 0. The van der Waals surface area contributed by atoms with E-state index >= 15 is 0 Å². The predicted molar refractivity (Wildman–Crippen MR) is 335 cm³/mol. The molecule has 4 aromatic heterocycles. The standard InChI is InChI=1S/C11H19NO.C9H15N3.C9H14N2O.C9H14N2.C8H13N3.C4H10.6C2H6.CH4.H2/c1-9(2)12-8-5-10(13)11(12)6-3-4-7-11;1-7(2)12-5-4-8-9(12)11(3)6-10-8;1-7(2)8-5-10-9-6-12-4-3-11(8)9;1-7(2)8-6-10-9-4-3-5-11(8)9;1-7(2)10-5-6-11-8(10)3-4-9-11;1-4(2)3;6*1-2;;/h9H,3-8H2,1-2H3;6-7H,4-5H2,1-3H3;5,7H,3-4,6H2,1-2H3;6-7H,3-5H2,1-2H3;3-4,7H,5-6H2,1-2H3;4H,1-3H3;6*1-2H3;1H4;1H/i;;;;;;;;;;;;;1+1. The molecule has 13 heteroatoms. The van der Waals surface area contributed by atoms with E-state index in [2.05, 4.69) is 156 Å². The number of likely N-dealkylation sites (tertiary alicyclic amines) is 1. The topological polar surface area (TPSA) is 107 Å². The van der Waals surface area contributed by atoms with Crippen LogP contribution >= 0.6 is 0 Å². The van der Waals surface area contributed by atoms with Gasteiger partial charge in [-0.05, 0) is 78.6 Å². The maximum Gasteiger partial charge on any atom is 0.154 e. The zero-order valence-electron chi connectivity index (χ0n) is 53.9. The van der Waals surface area contributed by atoms with Crippen LogP contribution in [0.25, 0.3) is 0 Å². The Balaban J connectivity index is -0.000000403. The van der Waals surface area contributed by atoms with Crippen LogP contribution in [0.5, 0.6) is 0 Å². The summed E-state index contributed by atoms with van der Waals surface area (Å²) in [5.74, 6) is 7.46. The van der Waals surface area contributed by atoms with Gasteiger partial charge in [-0.2, -0.15) is 5.10 Å². The fourth-order valence-corrected chi connectivity index (χ4v) is 9.87. The molecule has 1 saturated heterocycles. The Morgan fingerprint density at radius 3 is 1.59 bits per heavy atom. The van der Waals surface area contributed by atoms with Crippen molar-refractivity contribution in [3.8, 4) is 0 Å². The van der Waals surface area contributed by atoms with Crippen LogP contribution in [0.4, 0.5) is 11.6 Å². The fourth-order valence-electron chi connectivity index (χ4n) is 9.87. The van der Waals surface area contributed by atoms with Crippen molar-refractivity contribution in [1.29, 1.82) is 0 Å². The second-order valence-electron chi connectivity index (χ2n) is 20.3. The van der Waals surface area contributed by atoms with Gasteiger partial charge in [-0.15, -0.1) is 0 Å². The first-order chi connectivity index (χ1) is 36.0. The number of hydrogen-bond acceptors (Lipinski definition) is 9. The van der Waals surface area contributed by atoms with Gasteiger partial charge in [0.05, 0.1) is 36.9 Å². The summed E-state index contributed by atoms with van der Waals surface area (Å²) in [7, 11) is 2.06. The summed E-state index contributed by atoms with van der Waals surface area (Å²) in [5, 5.41) is 4.20. The van der Waals surface area contributed by atoms with Crippen molar-refractivity contribution in [1.82, 2.24) is 43.3 Å². The first-order valence-electron chi connectivity index (χ1n) is 30.5. The molecule has 5 aliphatic heterocycles. The third-order valence-corrected chi connectivity index (χ3v) is 12.9. The number of imidazole rings is 3. The Kier molecular flexibility index (Phi) is 42.2. The minimum atomic E-state index is -0.0197. The number of fused-ring (bicyclic) bond motifs is 4. The van der Waals surface area contributed by atoms with Gasteiger partial charge in [0.25, 0.3) is 0 Å². The van der Waals surface area contributed by atoms with Gasteiger partial charge < -0.3 is 28.2 Å². The number of rotatable bonds is 5. The van der Waals surface area contributed by atoms with Crippen molar-refractivity contribution in [2.45, 2.75) is 294 Å². The highest BCUT2D eigenvalue weighted by Gasteiger charge is 2.50. The van der Waals surface area contributed by atoms with E-state index in [0.717, 1.165) is 76.8 Å². The van der Waals surface area contributed by atoms with Crippen LogP contribution in [-0.2, 0) is 55.7 Å². The molecule has 0 atom stereocenters. The summed E-state index contributed by atoms with van der Waals surface area (Å²) < 4.78 is 14.1. The predicted octanol–water partition coefficient (Wildman–Crippen LogP) is 16.5. The quantitative estimate of drug-likeness (QED) is 0.193. The van der Waals surface area contributed by atoms with Crippen molar-refractivity contribution in [3.63, 3.8) is 0 Å². The maximum atomic E-state index is 11.9. The third-order valence-electron chi connectivity index (χ3n) is 12.9. The molecule has 1 aliphatic carbocycles. The molecule has 1 spiro atoms. The van der Waals surface area contributed by atoms with Crippen LogP contribution in [0, 0.1) is 5.92 Å². The average molecular weight is 1070 g/mol. The van der Waals surface area contributed by atoms with Gasteiger partial charge in [-0.3, -0.25) is 9.69 Å². The summed E-state index contributed by atoms with van der Waals surface area (Å²) in [6.07, 6.45) is 16.8. The Hall–Kier alpha value is -3.97. The van der Waals surface area contributed by atoms with Crippen LogP contribution in [-0.4, -0.2) is 99.0 Å². The molecule has 76 heavy (non-hydrogen) atoms. The number of aryl methyl sites for hydroxylation is 2. The number of ether oxygens (including phenoxy) is 1. The summed E-state index contributed by atoms with van der Waals surface area (Å²) in [5.41, 5.74) is 3.96. The number of Topliss-reactive ketones (excluding diaryl/α,β-unsaturated/α-hetero) is 1. The molecule has 446 valence electrons. The molecule has 0 aromatic carbocycles. The largest absolute Gasteiger partial charge is 0.372 e. The average Bonchev–Trinajstić information content (AvgIpc) is 4.27. The molecule has 0 radical (unpaired) electrons. The van der Waals surface area contributed by atoms with Gasteiger partial charge in [-0.1, -0.05) is 152 Å². The van der Waals surface area contributed by atoms with E-state index in [0.29, 0.717) is 42.4 Å². The molecule has 9 heterocycles. The second kappa shape index (κ2) is 42.0. The molecule has 0 amide bonds. The van der Waals surface area contributed by atoms with Crippen molar-refractivity contribution in [3.05, 3.63) is 59.7 Å². The third kappa shape index (κ3) is 22.4. The minimum Gasteiger partial charge on any atom is -0.372 e. The Labute approximate surface area is 472 Å². The fraction of sp³-hybridized carbons (Fsp3) is 0.794. The van der Waals surface area contributed by atoms with Gasteiger partial charge in [0.15, 0.2) is 5.78 Å². The molecular weight excluding hydrogens is 943 g/mol. The van der Waals surface area contributed by atoms with Crippen LogP contribution in [0.15, 0.2) is 31.0 Å². The SMILES string of the molecule is C.CC.CC.CC.CC.CC.CC.CC(C)C.CC(C)N1CCC(=O)C12CCCC2.CC(C)N1CCc2ncn(C)c21.CC(C)N1CCn2nccc21.CC(C)c1cnc2n1CCC2.CC(C)c1cnc2n1CCOC2.[2HH]. The normalized spacial score (nSPS) is 15.5. The van der Waals surface area contributed by atoms with E-state index in [1.807, 2.05) is 108 Å². The molecule has 2 fully saturated rings. The number of aromatic nitrogens is 8. The van der Waals surface area contributed by atoms with Gasteiger partial charge in [0, 0.05) is 108 Å². The van der Waals surface area contributed by atoms with E-state index in [-0.39, 0.29) is 14.4 Å². The number of carbonyl (C=O) groups excluding carboxylic acids is 1. The van der Waals surface area contributed by atoms with Crippen LogP contribution in [0.3, 0.4) is 0 Å². The Morgan fingerprint density at radius 1 is 0.579 bits per heavy atom. The molecule has 0 N–H and O–H groups in total. The lowest BCUT2D eigenvalue weighted by molar-refractivity contribution is -0.125. The van der Waals surface area contributed by atoms with Gasteiger partial charge in [0.1, 0.15) is 29.9 Å². The zero-order chi connectivity index (χ0) is 58.0. The van der Waals surface area contributed by atoms with E-state index in [1.165, 1.54) is 66.8 Å². The molecule has 13 nitrogen and oxygen atoms in total. The van der Waals surface area contributed by atoms with Crippen molar-refractivity contribution in [2.75, 3.05) is 36.0 Å². The molecular formula is C63H127N11O2. The number of ketones is 1. The minimum absolute atomic E-state index is 0. The first kappa shape index (κ1) is 76.3. The number of hydrogen-bond donors (Lipinski definition) is 0. The highest BCUT2D eigenvalue weighted by Crippen LogP contribution is 2.41. The molecule has 10 rings (SSSR count). The Bertz CT molecular complexity index is 2000. The zero-order valence-corrected chi connectivity index (χ0v) is 53.9. The van der Waals surface area contributed by atoms with Gasteiger partial charge in [0.2, 0.25) is 0 Å². The highest BCUT2D eigenvalue weighted by molar-refractivity contribution is 5.91. The lowest BCUT2D eigenvalue weighted by atomic mass is 9.92. The van der Waals surface area contributed by atoms with Crippen molar-refractivity contribution >= 4 is 17.4 Å². The smallest absolute Gasteiger partial charge is 0.154 e. The van der Waals surface area contributed by atoms with E-state index < -0.39 is 0 Å². The lowest BCUT2D eigenvalue weighted by Gasteiger charge is -2.36. The van der Waals surface area contributed by atoms with Crippen molar-refractivity contribution in [2.24, 2.45) is 13.0 Å². The second-order valence-corrected chi connectivity index (χ2v) is 20.3. The Morgan fingerprint density at radius 2 is 1.09 bits per heavy atom. The monoisotopic (exact) mass is 1070 g/mol. The van der Waals surface area contributed by atoms with E-state index in [4.69, 9.17) is 4.74 Å². The summed E-state index contributed by atoms with van der Waals surface area (Å²) in [6, 6.07) is 3.78. The maximum absolute atomic E-state index is 11.9. The highest BCUT2D eigenvalue weighted by atomic mass is 16.5. The number of carbonyl (C=O) groups is 1. The van der Waals surface area contributed by atoms with Gasteiger partial charge in [-0.25, -0.2) is 19.6 Å². The van der Waals surface area contributed by atoms with Crippen LogP contribution in [0.1, 0.15) is 261 Å². The molecule has 4 aromatic rings. The summed E-state index contributed by atoms with van der Waals surface area (Å²) in [4.78, 5) is 32.1. The van der Waals surface area contributed by atoms with E-state index in [1.54, 1.807) is 0 Å². The van der Waals surface area contributed by atoms with Crippen LogP contribution in [0.2, 0.25) is 0 Å². The lowest BCUT2D eigenvalue weighted by Crippen LogP contribution is -2.49. The van der Waals surface area contributed by atoms with Crippen LogP contribution < -0.4 is 9.80 Å². The van der Waals surface area contributed by atoms with Crippen molar-refractivity contribution < 1.29 is 11.0 Å². The van der Waals surface area contributed by atoms with Gasteiger partial charge >= 0.3 is 0 Å². The molecule has 0 unspecified atom stereocenters. The number of anilines is 2. The molecule has 1 saturated carbocycles. The van der Waals surface area contributed by atoms with E-state index in [9.17, 15) is 4.79 Å². The number of nitrogens with zero attached hydrogens (tertiary/aromatic N) is 11.